The molecule has 7 nitrogen and oxygen atoms in total. The van der Waals surface area contributed by atoms with Crippen molar-refractivity contribution in [2.45, 2.75) is 65.2 Å². The van der Waals surface area contributed by atoms with Gasteiger partial charge >= 0.3 is 0 Å². The lowest BCUT2D eigenvalue weighted by molar-refractivity contribution is -0.122. The van der Waals surface area contributed by atoms with Crippen LogP contribution in [0.3, 0.4) is 0 Å². The summed E-state index contributed by atoms with van der Waals surface area (Å²) in [4.78, 5) is 11.4. The molecule has 0 aliphatic heterocycles. The van der Waals surface area contributed by atoms with E-state index in [1.165, 1.54) is 0 Å². The largest absolute Gasteiger partial charge is 0.379 e. The number of thioether (sulfide) groups is 1. The highest BCUT2D eigenvalue weighted by Crippen LogP contribution is 2.28. The van der Waals surface area contributed by atoms with Gasteiger partial charge in [-0.1, -0.05) is 39.5 Å². The van der Waals surface area contributed by atoms with Crippen LogP contribution in [-0.2, 0) is 19.0 Å². The molecule has 0 spiro atoms. The van der Waals surface area contributed by atoms with Gasteiger partial charge in [-0.25, -0.2) is 0 Å². The quantitative estimate of drug-likeness (QED) is 0.180. The molecule has 30 heavy (non-hydrogen) atoms. The zero-order valence-electron chi connectivity index (χ0n) is 20.2. The summed E-state index contributed by atoms with van der Waals surface area (Å²) in [6.07, 6.45) is 5.28. The molecule has 0 aliphatic rings. The second-order valence-corrected chi connectivity index (χ2v) is 7.73. The van der Waals surface area contributed by atoms with Crippen LogP contribution in [-0.4, -0.2) is 63.2 Å². The molecule has 0 rings (SSSR count). The zero-order chi connectivity index (χ0) is 22.4. The third kappa shape index (κ3) is 21.9. The number of hydrogen-bond acceptors (Lipinski definition) is 7. The fraction of sp³-hybridized carbons (Fsp3) is 0.864. The van der Waals surface area contributed by atoms with Gasteiger partial charge in [-0.05, 0) is 39.0 Å². The molecular formula is C22H53N3O4S. The van der Waals surface area contributed by atoms with Crippen LogP contribution in [0, 0.1) is 17.8 Å². The Kier molecular flexibility index (Phi) is 27.6. The first-order valence-corrected chi connectivity index (χ1v) is 12.0. The average Bonchev–Trinajstić information content (AvgIpc) is 2.75. The molecule has 2 atom stereocenters. The Morgan fingerprint density at radius 1 is 1.20 bits per heavy atom. The molecule has 8 heteroatoms. The van der Waals surface area contributed by atoms with Crippen LogP contribution >= 0.6 is 11.8 Å². The highest BCUT2D eigenvalue weighted by Gasteiger charge is 2.22. The van der Waals surface area contributed by atoms with Crippen LogP contribution in [0.25, 0.3) is 0 Å². The Labute approximate surface area is 194 Å². The number of nitrogens with two attached hydrogens (primary N) is 1. The molecule has 1 unspecified atom stereocenters. The molecule has 0 aromatic carbocycles. The predicted octanol–water partition coefficient (Wildman–Crippen LogP) is 4.34. The Balaban J connectivity index is -0.000000295. The maximum Gasteiger partial charge on any atom is 0.223 e. The minimum atomic E-state index is -0.203. The van der Waals surface area contributed by atoms with Gasteiger partial charge in [0.05, 0.1) is 39.6 Å². The fourth-order valence-electron chi connectivity index (χ4n) is 2.02. The van der Waals surface area contributed by atoms with E-state index >= 15 is 0 Å². The summed E-state index contributed by atoms with van der Waals surface area (Å²) in [5, 5.41) is 2.76. The summed E-state index contributed by atoms with van der Waals surface area (Å²) >= 11 is 1.69. The number of hydrogen-bond donors (Lipinski definition) is 3. The van der Waals surface area contributed by atoms with E-state index in [0.29, 0.717) is 58.5 Å². The molecule has 0 aromatic heterocycles. The van der Waals surface area contributed by atoms with Gasteiger partial charge in [-0.3, -0.25) is 4.79 Å². The zero-order valence-corrected chi connectivity index (χ0v) is 21.0. The summed E-state index contributed by atoms with van der Waals surface area (Å²) in [5.41, 5.74) is 5.56. The fourth-order valence-corrected chi connectivity index (χ4v) is 2.57. The van der Waals surface area contributed by atoms with E-state index < -0.39 is 0 Å². The van der Waals surface area contributed by atoms with Gasteiger partial charge in [-0.2, -0.15) is 0 Å². The molecule has 0 saturated carbocycles. The van der Waals surface area contributed by atoms with Crippen LogP contribution in [0.2, 0.25) is 0 Å². The topological polar surface area (TPSA) is 118 Å². The van der Waals surface area contributed by atoms with Gasteiger partial charge in [-0.15, -0.1) is 11.8 Å². The third-order valence-electron chi connectivity index (χ3n) is 4.08. The van der Waals surface area contributed by atoms with Crippen molar-refractivity contribution >= 4 is 17.7 Å². The smallest absolute Gasteiger partial charge is 0.223 e. The SMILES string of the molecule is CC.CCC(C)C#CCNC(=O)CCOCCOCCO[C@](C)(CCCN)SC.N.[HH].[HH].[HH]. The Morgan fingerprint density at radius 2 is 1.80 bits per heavy atom. The van der Waals surface area contributed by atoms with E-state index in [1.807, 2.05) is 20.1 Å². The molecule has 0 fully saturated rings. The molecule has 0 radical (unpaired) electrons. The Hall–Kier alpha value is -0.820. The molecule has 6 N–H and O–H groups in total. The molecule has 0 saturated heterocycles. The van der Waals surface area contributed by atoms with E-state index in [1.54, 1.807) is 11.8 Å². The second-order valence-electron chi connectivity index (χ2n) is 6.46. The number of ether oxygens (including phenoxy) is 3. The Morgan fingerprint density at radius 3 is 2.37 bits per heavy atom. The molecule has 0 bridgehead atoms. The number of amides is 1. The van der Waals surface area contributed by atoms with Gasteiger partial charge in [0.15, 0.2) is 0 Å². The lowest BCUT2D eigenvalue weighted by Gasteiger charge is -2.27. The average molecular weight is 456 g/mol. The second kappa shape index (κ2) is 24.4. The van der Waals surface area contributed by atoms with E-state index in [9.17, 15) is 4.79 Å². The number of nitrogens with one attached hydrogen (secondary N) is 1. The first-order valence-electron chi connectivity index (χ1n) is 10.8. The molecule has 0 aliphatic carbocycles. The predicted molar refractivity (Wildman–Crippen MR) is 135 cm³/mol. The highest BCUT2D eigenvalue weighted by molar-refractivity contribution is 7.99. The van der Waals surface area contributed by atoms with Crippen molar-refractivity contribution in [1.29, 1.82) is 0 Å². The van der Waals surface area contributed by atoms with Crippen molar-refractivity contribution in [3.05, 3.63) is 0 Å². The minimum Gasteiger partial charge on any atom is -0.379 e. The van der Waals surface area contributed by atoms with E-state index in [0.717, 1.165) is 19.3 Å². The third-order valence-corrected chi connectivity index (χ3v) is 5.27. The lowest BCUT2D eigenvalue weighted by Crippen LogP contribution is -2.27. The van der Waals surface area contributed by atoms with Crippen LogP contribution < -0.4 is 17.2 Å². The van der Waals surface area contributed by atoms with Crippen LogP contribution in [0.1, 0.15) is 64.6 Å². The van der Waals surface area contributed by atoms with Gasteiger partial charge in [0.2, 0.25) is 5.91 Å². The minimum absolute atomic E-state index is 0. The maximum absolute atomic E-state index is 11.6. The summed E-state index contributed by atoms with van der Waals surface area (Å²) in [7, 11) is 0. The van der Waals surface area contributed by atoms with E-state index in [4.69, 9.17) is 19.9 Å². The lowest BCUT2D eigenvalue weighted by atomic mass is 10.1. The van der Waals surface area contributed by atoms with Gasteiger partial charge in [0.1, 0.15) is 4.93 Å². The van der Waals surface area contributed by atoms with Crippen LogP contribution in [0.5, 0.6) is 0 Å². The van der Waals surface area contributed by atoms with Crippen molar-refractivity contribution in [1.82, 2.24) is 11.5 Å². The summed E-state index contributed by atoms with van der Waals surface area (Å²) in [5.74, 6) is 6.37. The number of rotatable bonds is 16. The highest BCUT2D eigenvalue weighted by atomic mass is 32.2. The standard InChI is InChI=1S/C20H38N2O4S.C2H6.H3N.3H2/c1-5-18(2)8-6-12-22-19(23)9-13-24-14-15-25-16-17-26-20(3,27-4)10-7-11-21;1-2;;;;/h18H,5,7,9-17,21H2,1-4H3,(H,22,23);1-2H3;1H3;3*1H/t18?,20-;;;;;/m0...../s1. The van der Waals surface area contributed by atoms with E-state index in [-0.39, 0.29) is 21.3 Å². The van der Waals surface area contributed by atoms with Crippen LogP contribution in [0.4, 0.5) is 0 Å². The summed E-state index contributed by atoms with van der Waals surface area (Å²) < 4.78 is 16.8. The molecular weight excluding hydrogens is 402 g/mol. The van der Waals surface area contributed by atoms with Crippen molar-refractivity contribution in [2.75, 3.05) is 52.4 Å². The number of carbonyl (C=O) groups excluding carboxylic acids is 1. The maximum atomic E-state index is 11.6. The van der Waals surface area contributed by atoms with E-state index in [2.05, 4.69) is 37.9 Å². The van der Waals surface area contributed by atoms with Crippen molar-refractivity contribution in [2.24, 2.45) is 11.7 Å². The Bertz CT molecular complexity index is 458. The molecule has 186 valence electrons. The molecule has 0 heterocycles. The summed E-state index contributed by atoms with van der Waals surface area (Å²) in [6, 6.07) is 0. The summed E-state index contributed by atoms with van der Waals surface area (Å²) in [6.45, 7) is 13.7. The van der Waals surface area contributed by atoms with Crippen molar-refractivity contribution in [3.63, 3.8) is 0 Å². The van der Waals surface area contributed by atoms with Gasteiger partial charge in [0.25, 0.3) is 0 Å². The number of carbonyl (C=O) groups is 1. The molecule has 0 aromatic rings. The van der Waals surface area contributed by atoms with Crippen LogP contribution in [0.15, 0.2) is 0 Å². The van der Waals surface area contributed by atoms with Crippen molar-refractivity contribution in [3.8, 4) is 11.8 Å². The normalized spacial score (nSPS) is 12.9. The molecule has 1 amide bonds. The van der Waals surface area contributed by atoms with Gasteiger partial charge < -0.3 is 31.4 Å². The first-order chi connectivity index (χ1) is 14.0. The first kappa shape index (κ1) is 33.8. The monoisotopic (exact) mass is 455 g/mol. The van der Waals surface area contributed by atoms with Crippen molar-refractivity contribution < 1.29 is 23.3 Å². The van der Waals surface area contributed by atoms with Gasteiger partial charge in [0, 0.05) is 16.6 Å².